The van der Waals surface area contributed by atoms with Crippen LogP contribution < -0.4 is 5.56 Å². The van der Waals surface area contributed by atoms with Gasteiger partial charge in [0.25, 0.3) is 5.56 Å². The summed E-state index contributed by atoms with van der Waals surface area (Å²) >= 11 is 3.17. The van der Waals surface area contributed by atoms with Crippen LogP contribution in [0.4, 0.5) is 0 Å². The van der Waals surface area contributed by atoms with E-state index in [1.54, 1.807) is 27.7 Å². The Morgan fingerprint density at radius 3 is 2.84 bits per heavy atom. The molecule has 0 aliphatic heterocycles. The molecule has 1 aromatic carbocycles. The largest absolute Gasteiger partial charge is 0.383 e. The van der Waals surface area contributed by atoms with Crippen LogP contribution in [0.15, 0.2) is 40.3 Å². The Hall–Kier alpha value is -2.56. The molecule has 166 valence electrons. The number of para-hydroxylation sites is 1. The molecule has 10 heteroatoms. The van der Waals surface area contributed by atoms with E-state index in [1.165, 1.54) is 28.6 Å². The second kappa shape index (κ2) is 9.13. The van der Waals surface area contributed by atoms with Gasteiger partial charge in [0, 0.05) is 12.0 Å². The summed E-state index contributed by atoms with van der Waals surface area (Å²) in [7, 11) is 1.65. The fraction of sp³-hybridized carbons (Fsp3) is 0.409. The molecule has 0 N–H and O–H groups in total. The Morgan fingerprint density at radius 2 is 2.03 bits per heavy atom. The topological polar surface area (TPSA) is 87.7 Å². The molecule has 0 saturated carbocycles. The molecule has 0 bridgehead atoms. The lowest BCUT2D eigenvalue weighted by atomic mass is 9.97. The highest BCUT2D eigenvalue weighted by atomic mass is 32.2. The minimum atomic E-state index is -0.113. The highest BCUT2D eigenvalue weighted by molar-refractivity contribution is 7.99. The van der Waals surface area contributed by atoms with Gasteiger partial charge in [-0.05, 0) is 60.7 Å². The number of fused-ring (bicyclic) bond motifs is 3. The lowest BCUT2D eigenvalue weighted by molar-refractivity contribution is 0.183. The monoisotopic (exact) mass is 468 g/mol. The molecule has 8 nitrogen and oxygen atoms in total. The maximum absolute atomic E-state index is 13.6. The third-order valence-corrected chi connectivity index (χ3v) is 7.97. The van der Waals surface area contributed by atoms with E-state index in [-0.39, 0.29) is 10.8 Å². The molecular formula is C22H24N6O2S2. The van der Waals surface area contributed by atoms with Crippen LogP contribution in [0, 0.1) is 0 Å². The fourth-order valence-electron chi connectivity index (χ4n) is 4.10. The molecule has 1 atom stereocenters. The summed E-state index contributed by atoms with van der Waals surface area (Å²) in [6, 6.07) is 9.79. The van der Waals surface area contributed by atoms with E-state index in [0.717, 1.165) is 35.2 Å². The van der Waals surface area contributed by atoms with Crippen LogP contribution in [0.5, 0.6) is 0 Å². The SMILES string of the molecule is COCCn1c(SC(C)c2nnnn2-c2ccccc2)nc2sc3c(c2c1=O)CCCC3. The molecule has 0 fully saturated rings. The number of hydrogen-bond donors (Lipinski definition) is 0. The Balaban J connectivity index is 1.55. The van der Waals surface area contributed by atoms with Gasteiger partial charge < -0.3 is 4.74 Å². The Kier molecular flexibility index (Phi) is 6.07. The van der Waals surface area contributed by atoms with Gasteiger partial charge in [-0.15, -0.1) is 16.4 Å². The average Bonchev–Trinajstić information content (AvgIpc) is 3.44. The van der Waals surface area contributed by atoms with Crippen molar-refractivity contribution in [3.8, 4) is 5.69 Å². The lowest BCUT2D eigenvalue weighted by Crippen LogP contribution is -2.26. The van der Waals surface area contributed by atoms with Gasteiger partial charge in [-0.1, -0.05) is 30.0 Å². The third kappa shape index (κ3) is 3.87. The van der Waals surface area contributed by atoms with E-state index < -0.39 is 0 Å². The van der Waals surface area contributed by atoms with E-state index in [1.807, 2.05) is 37.3 Å². The standard InChI is InChI=1S/C22H24N6O2S2/c1-14(19-24-25-26-28(19)15-8-4-3-5-9-15)31-22-23-20-18(21(29)27(22)12-13-30-2)16-10-6-7-11-17(16)32-20/h3-5,8-9,14H,6-7,10-13H2,1-2H3. The molecule has 0 spiro atoms. The smallest absolute Gasteiger partial charge is 0.263 e. The molecule has 1 aliphatic rings. The van der Waals surface area contributed by atoms with Crippen LogP contribution >= 0.6 is 23.1 Å². The van der Waals surface area contributed by atoms with Crippen molar-refractivity contribution in [1.29, 1.82) is 0 Å². The zero-order valence-corrected chi connectivity index (χ0v) is 19.7. The predicted octanol–water partition coefficient (Wildman–Crippen LogP) is 3.81. The first-order valence-corrected chi connectivity index (χ1v) is 12.4. The first-order chi connectivity index (χ1) is 15.7. The molecular weight excluding hydrogens is 444 g/mol. The van der Waals surface area contributed by atoms with Crippen LogP contribution in [0.3, 0.4) is 0 Å². The van der Waals surface area contributed by atoms with Gasteiger partial charge in [-0.2, -0.15) is 4.68 Å². The maximum Gasteiger partial charge on any atom is 0.263 e. The predicted molar refractivity (Wildman–Crippen MR) is 126 cm³/mol. The quantitative estimate of drug-likeness (QED) is 0.301. The van der Waals surface area contributed by atoms with E-state index >= 15 is 0 Å². The zero-order chi connectivity index (χ0) is 22.1. The molecule has 1 unspecified atom stereocenters. The minimum absolute atomic E-state index is 0.0313. The number of methoxy groups -OCH3 is 1. The Morgan fingerprint density at radius 1 is 1.22 bits per heavy atom. The van der Waals surface area contributed by atoms with Crippen molar-refractivity contribution in [3.05, 3.63) is 57.0 Å². The summed E-state index contributed by atoms with van der Waals surface area (Å²) in [5, 5.41) is 13.7. The number of benzene rings is 1. The molecule has 1 aliphatic carbocycles. The summed E-state index contributed by atoms with van der Waals surface area (Å²) in [5.41, 5.74) is 2.13. The highest BCUT2D eigenvalue weighted by Gasteiger charge is 2.25. The summed E-state index contributed by atoms with van der Waals surface area (Å²) in [6.45, 7) is 2.94. The van der Waals surface area contributed by atoms with Crippen LogP contribution in [0.25, 0.3) is 15.9 Å². The molecule has 3 heterocycles. The van der Waals surface area contributed by atoms with Gasteiger partial charge in [0.1, 0.15) is 4.83 Å². The number of ether oxygens (including phenoxy) is 1. The minimum Gasteiger partial charge on any atom is -0.383 e. The second-order valence-corrected chi connectivity index (χ2v) is 10.2. The summed E-state index contributed by atoms with van der Waals surface area (Å²) in [6.07, 6.45) is 4.31. The Labute approximate surface area is 193 Å². The van der Waals surface area contributed by atoms with Crippen LogP contribution in [0.2, 0.25) is 0 Å². The van der Waals surface area contributed by atoms with Gasteiger partial charge in [-0.25, -0.2) is 4.98 Å². The van der Waals surface area contributed by atoms with Crippen molar-refractivity contribution in [1.82, 2.24) is 29.8 Å². The van der Waals surface area contributed by atoms with Gasteiger partial charge in [0.05, 0.1) is 29.5 Å². The Bertz CT molecular complexity index is 1300. The van der Waals surface area contributed by atoms with Crippen molar-refractivity contribution in [2.45, 2.75) is 49.6 Å². The molecule has 3 aromatic heterocycles. The number of hydrogen-bond acceptors (Lipinski definition) is 8. The summed E-state index contributed by atoms with van der Waals surface area (Å²) in [4.78, 5) is 20.7. The van der Waals surface area contributed by atoms with Crippen LogP contribution in [0.1, 0.15) is 41.3 Å². The molecule has 5 rings (SSSR count). The number of aromatic nitrogens is 6. The molecule has 0 saturated heterocycles. The first-order valence-electron chi connectivity index (χ1n) is 10.7. The number of tetrazole rings is 1. The van der Waals surface area contributed by atoms with E-state index in [0.29, 0.717) is 24.1 Å². The van der Waals surface area contributed by atoms with E-state index in [9.17, 15) is 4.79 Å². The second-order valence-electron chi connectivity index (χ2n) is 7.78. The van der Waals surface area contributed by atoms with Gasteiger partial charge in [0.15, 0.2) is 11.0 Å². The van der Waals surface area contributed by atoms with E-state index in [2.05, 4.69) is 15.5 Å². The third-order valence-electron chi connectivity index (χ3n) is 5.70. The first kappa shape index (κ1) is 21.3. The lowest BCUT2D eigenvalue weighted by Gasteiger charge is -2.16. The van der Waals surface area contributed by atoms with Crippen molar-refractivity contribution in [3.63, 3.8) is 0 Å². The van der Waals surface area contributed by atoms with Crippen molar-refractivity contribution >= 4 is 33.3 Å². The van der Waals surface area contributed by atoms with Crippen LogP contribution in [-0.4, -0.2) is 43.5 Å². The highest BCUT2D eigenvalue weighted by Crippen LogP contribution is 2.37. The molecule has 32 heavy (non-hydrogen) atoms. The normalized spacial score (nSPS) is 14.6. The van der Waals surface area contributed by atoms with Crippen molar-refractivity contribution in [2.24, 2.45) is 0 Å². The van der Waals surface area contributed by atoms with Gasteiger partial charge >= 0.3 is 0 Å². The van der Waals surface area contributed by atoms with Crippen LogP contribution in [-0.2, 0) is 24.1 Å². The number of nitrogens with zero attached hydrogens (tertiary/aromatic N) is 6. The van der Waals surface area contributed by atoms with Gasteiger partial charge in [0.2, 0.25) is 0 Å². The van der Waals surface area contributed by atoms with Crippen molar-refractivity contribution < 1.29 is 4.74 Å². The molecule has 4 aromatic rings. The number of aryl methyl sites for hydroxylation is 2. The maximum atomic E-state index is 13.6. The fourth-order valence-corrected chi connectivity index (χ4v) is 6.42. The van der Waals surface area contributed by atoms with Gasteiger partial charge in [-0.3, -0.25) is 9.36 Å². The molecule has 0 radical (unpaired) electrons. The number of thiophene rings is 1. The zero-order valence-electron chi connectivity index (χ0n) is 18.0. The summed E-state index contributed by atoms with van der Waals surface area (Å²) < 4.78 is 8.77. The average molecular weight is 469 g/mol. The van der Waals surface area contributed by atoms with Crippen molar-refractivity contribution in [2.75, 3.05) is 13.7 Å². The number of thioether (sulfide) groups is 1. The molecule has 0 amide bonds. The number of rotatable bonds is 7. The summed E-state index contributed by atoms with van der Waals surface area (Å²) in [5.74, 6) is 0.708. The van der Waals surface area contributed by atoms with E-state index in [4.69, 9.17) is 9.72 Å².